The average Bonchev–Trinajstić information content (AvgIpc) is 2.49. The van der Waals surface area contributed by atoms with Crippen molar-refractivity contribution in [3.63, 3.8) is 0 Å². The normalized spacial score (nSPS) is 27.6. The largest absolute Gasteiger partial charge is 0.478 e. The molecule has 0 fully saturated rings. The number of hydrogen-bond donors (Lipinski definition) is 3. The maximum Gasteiger partial charge on any atom is 0.327 e. The van der Waals surface area contributed by atoms with Crippen LogP contribution in [0, 0.1) is 0 Å². The van der Waals surface area contributed by atoms with Crippen molar-refractivity contribution in [2.45, 2.75) is 63.3 Å². The topological polar surface area (TPSA) is 104 Å². The zero-order valence-electron chi connectivity index (χ0n) is 13.6. The Hall–Kier alpha value is -1.92. The number of carbonyl (C=O) groups excluding carboxylic acids is 1. The van der Waals surface area contributed by atoms with E-state index in [-0.39, 0.29) is 18.6 Å². The van der Waals surface area contributed by atoms with Crippen LogP contribution in [0.4, 0.5) is 0 Å². The molecule has 6 heteroatoms. The van der Waals surface area contributed by atoms with Crippen LogP contribution in [0.15, 0.2) is 35.6 Å². The molecule has 132 valence electrons. The molecule has 1 aliphatic carbocycles. The Morgan fingerprint density at radius 2 is 1.96 bits per heavy atom. The summed E-state index contributed by atoms with van der Waals surface area (Å²) in [6.07, 6.45) is 9.50. The van der Waals surface area contributed by atoms with E-state index >= 15 is 0 Å². The molecule has 24 heavy (non-hydrogen) atoms. The lowest BCUT2D eigenvalue weighted by molar-refractivity contribution is -0.198. The number of aliphatic carboxylic acids is 1. The quantitative estimate of drug-likeness (QED) is 0.374. The highest BCUT2D eigenvalue weighted by Crippen LogP contribution is 2.38. The first kappa shape index (κ1) is 18.4. The summed E-state index contributed by atoms with van der Waals surface area (Å²) in [5.41, 5.74) is 0.616. The van der Waals surface area contributed by atoms with Crippen LogP contribution in [0.25, 0.3) is 0 Å². The average molecular weight is 336 g/mol. The highest BCUT2D eigenvalue weighted by atomic mass is 16.6. The number of aliphatic hydroxyl groups is 2. The van der Waals surface area contributed by atoms with Gasteiger partial charge in [0.05, 0.1) is 12.5 Å². The van der Waals surface area contributed by atoms with Crippen LogP contribution in [-0.2, 0) is 14.3 Å². The number of unbranched alkanes of at least 4 members (excludes halogenated alkanes) is 1. The van der Waals surface area contributed by atoms with Crippen molar-refractivity contribution >= 4 is 11.8 Å². The third-order valence-corrected chi connectivity index (χ3v) is 4.20. The lowest BCUT2D eigenvalue weighted by atomic mass is 9.86. The summed E-state index contributed by atoms with van der Waals surface area (Å²) in [5.74, 6) is -2.11. The molecule has 0 aromatic rings. The van der Waals surface area contributed by atoms with Gasteiger partial charge in [0.1, 0.15) is 5.76 Å². The Morgan fingerprint density at radius 1 is 1.25 bits per heavy atom. The lowest BCUT2D eigenvalue weighted by Gasteiger charge is -2.37. The number of allylic oxidation sites excluding steroid dienone is 4. The third kappa shape index (κ3) is 5.32. The van der Waals surface area contributed by atoms with Gasteiger partial charge in [-0.3, -0.25) is 4.79 Å². The Kier molecular flexibility index (Phi) is 6.34. The van der Waals surface area contributed by atoms with Gasteiger partial charge in [0, 0.05) is 24.5 Å². The number of rotatable bonds is 7. The van der Waals surface area contributed by atoms with Crippen molar-refractivity contribution in [2.24, 2.45) is 0 Å². The second kappa shape index (κ2) is 8.26. The fourth-order valence-corrected chi connectivity index (χ4v) is 2.97. The Bertz CT molecular complexity index is 574. The minimum atomic E-state index is -1.50. The molecule has 3 N–H and O–H groups in total. The van der Waals surface area contributed by atoms with Crippen molar-refractivity contribution in [1.29, 1.82) is 0 Å². The summed E-state index contributed by atoms with van der Waals surface area (Å²) >= 11 is 0. The smallest absolute Gasteiger partial charge is 0.327 e. The molecule has 0 spiro atoms. The molecule has 0 saturated carbocycles. The number of hydrogen-bond acceptors (Lipinski definition) is 5. The molecular formula is C18H24O6. The molecule has 0 bridgehead atoms. The van der Waals surface area contributed by atoms with Crippen molar-refractivity contribution in [3.05, 3.63) is 35.6 Å². The predicted octanol–water partition coefficient (Wildman–Crippen LogP) is 2.22. The van der Waals surface area contributed by atoms with E-state index in [9.17, 15) is 19.8 Å². The van der Waals surface area contributed by atoms with Gasteiger partial charge in [-0.2, -0.15) is 0 Å². The van der Waals surface area contributed by atoms with Crippen LogP contribution in [0.3, 0.4) is 0 Å². The second-order valence-electron chi connectivity index (χ2n) is 6.27. The molecule has 0 amide bonds. The summed E-state index contributed by atoms with van der Waals surface area (Å²) in [6.45, 7) is 0. The summed E-state index contributed by atoms with van der Waals surface area (Å²) in [6, 6.07) is 0. The fraction of sp³-hybridized carbons (Fsp3) is 0.556. The lowest BCUT2D eigenvalue weighted by Crippen LogP contribution is -2.41. The number of ketones is 1. The van der Waals surface area contributed by atoms with Crippen molar-refractivity contribution in [2.75, 3.05) is 0 Å². The van der Waals surface area contributed by atoms with E-state index in [1.807, 2.05) is 12.2 Å². The number of ether oxygens (including phenoxy) is 1. The molecule has 2 rings (SSSR count). The molecule has 0 radical (unpaired) electrons. The first-order chi connectivity index (χ1) is 11.4. The molecule has 0 aromatic heterocycles. The SMILES string of the molecule is O=C(O)/C=C/CC/C=C/CC[C@]1(O)CC(=O)C2=C(C[C@H](O)CC2)O1. The van der Waals surface area contributed by atoms with Crippen LogP contribution in [0.5, 0.6) is 0 Å². The maximum absolute atomic E-state index is 12.2. The Morgan fingerprint density at radius 3 is 2.71 bits per heavy atom. The van der Waals surface area contributed by atoms with Crippen LogP contribution in [0.2, 0.25) is 0 Å². The zero-order chi connectivity index (χ0) is 17.6. The number of Topliss-reactive ketones (excluding diaryl/α,β-unsaturated/α-hetero) is 1. The molecule has 6 nitrogen and oxygen atoms in total. The first-order valence-electron chi connectivity index (χ1n) is 8.29. The minimum Gasteiger partial charge on any atom is -0.478 e. The van der Waals surface area contributed by atoms with Crippen molar-refractivity contribution < 1.29 is 29.6 Å². The van der Waals surface area contributed by atoms with Gasteiger partial charge in [-0.1, -0.05) is 18.2 Å². The van der Waals surface area contributed by atoms with E-state index in [0.717, 1.165) is 6.08 Å². The highest BCUT2D eigenvalue weighted by Gasteiger charge is 2.41. The van der Waals surface area contributed by atoms with Gasteiger partial charge in [0.25, 0.3) is 0 Å². The van der Waals surface area contributed by atoms with E-state index < -0.39 is 17.9 Å². The second-order valence-corrected chi connectivity index (χ2v) is 6.27. The molecule has 0 saturated heterocycles. The summed E-state index contributed by atoms with van der Waals surface area (Å²) in [4.78, 5) is 22.5. The molecule has 1 aliphatic heterocycles. The molecule has 1 heterocycles. The summed E-state index contributed by atoms with van der Waals surface area (Å²) < 4.78 is 5.63. The number of carboxylic acids is 1. The fourth-order valence-electron chi connectivity index (χ4n) is 2.97. The van der Waals surface area contributed by atoms with Gasteiger partial charge in [-0.15, -0.1) is 0 Å². The van der Waals surface area contributed by atoms with E-state index in [2.05, 4.69) is 0 Å². The van der Waals surface area contributed by atoms with Gasteiger partial charge >= 0.3 is 5.97 Å². The number of carboxylic acid groups (broad SMARTS) is 1. The minimum absolute atomic E-state index is 0.0445. The van der Waals surface area contributed by atoms with Gasteiger partial charge in [-0.25, -0.2) is 4.79 Å². The van der Waals surface area contributed by atoms with E-state index in [4.69, 9.17) is 9.84 Å². The van der Waals surface area contributed by atoms with Crippen molar-refractivity contribution in [1.82, 2.24) is 0 Å². The zero-order valence-corrected chi connectivity index (χ0v) is 13.6. The molecule has 0 aromatic carbocycles. The molecule has 2 atom stereocenters. The predicted molar refractivity (Wildman–Crippen MR) is 86.9 cm³/mol. The Labute approximate surface area is 141 Å². The molecule has 0 unspecified atom stereocenters. The van der Waals surface area contributed by atoms with Crippen LogP contribution in [-0.4, -0.2) is 39.0 Å². The number of carbonyl (C=O) groups is 2. The van der Waals surface area contributed by atoms with Gasteiger partial charge in [0.15, 0.2) is 5.78 Å². The third-order valence-electron chi connectivity index (χ3n) is 4.20. The van der Waals surface area contributed by atoms with Gasteiger partial charge in [-0.05, 0) is 32.1 Å². The van der Waals surface area contributed by atoms with Crippen molar-refractivity contribution in [3.8, 4) is 0 Å². The molecule has 2 aliphatic rings. The number of aliphatic hydroxyl groups excluding tert-OH is 1. The van der Waals surface area contributed by atoms with Gasteiger partial charge < -0.3 is 20.1 Å². The monoisotopic (exact) mass is 336 g/mol. The first-order valence-corrected chi connectivity index (χ1v) is 8.29. The summed E-state index contributed by atoms with van der Waals surface area (Å²) in [7, 11) is 0. The van der Waals surface area contributed by atoms with Gasteiger partial charge in [0.2, 0.25) is 5.79 Å². The molecular weight excluding hydrogens is 312 g/mol. The maximum atomic E-state index is 12.2. The van der Waals surface area contributed by atoms with E-state index in [1.54, 1.807) is 6.08 Å². The van der Waals surface area contributed by atoms with E-state index in [1.165, 1.54) is 0 Å². The summed E-state index contributed by atoms with van der Waals surface area (Å²) in [5, 5.41) is 28.6. The van der Waals surface area contributed by atoms with Crippen LogP contribution in [0.1, 0.15) is 51.4 Å². The van der Waals surface area contributed by atoms with Crippen LogP contribution >= 0.6 is 0 Å². The van der Waals surface area contributed by atoms with E-state index in [0.29, 0.717) is 49.9 Å². The highest BCUT2D eigenvalue weighted by molar-refractivity contribution is 5.97. The van der Waals surface area contributed by atoms with Crippen LogP contribution < -0.4 is 0 Å². The Balaban J connectivity index is 1.79. The standard InChI is InChI=1S/C18H24O6/c19-13-8-9-14-15(20)12-18(23,24-16(14)11-13)10-6-4-2-1-3-5-7-17(21)22/h2,4-5,7,13,19,23H,1,3,6,8-12H2,(H,21,22)/b4-2+,7-5+/t13-,18-/m1/s1.